The summed E-state index contributed by atoms with van der Waals surface area (Å²) < 4.78 is 9.94. The van der Waals surface area contributed by atoms with Crippen molar-refractivity contribution in [3.05, 3.63) is 0 Å². The van der Waals surface area contributed by atoms with Gasteiger partial charge in [0.15, 0.2) is 0 Å². The van der Waals surface area contributed by atoms with Gasteiger partial charge < -0.3 is 31.2 Å². The topological polar surface area (TPSA) is 115 Å². The summed E-state index contributed by atoms with van der Waals surface area (Å²) in [5.41, 5.74) is 4.71. The lowest BCUT2D eigenvalue weighted by Gasteiger charge is -2.20. The van der Waals surface area contributed by atoms with Gasteiger partial charge in [-0.2, -0.15) is 0 Å². The van der Waals surface area contributed by atoms with E-state index in [4.69, 9.17) is 15.2 Å². The molecular formula is C14H30N4O4. The van der Waals surface area contributed by atoms with Gasteiger partial charge >= 0.3 is 12.1 Å². The summed E-state index contributed by atoms with van der Waals surface area (Å²) in [6.07, 6.45) is -1.53. The minimum atomic E-state index is -0.917. The maximum atomic E-state index is 11.6. The number of hydrogen-bond acceptors (Lipinski definition) is 7. The first kappa shape index (κ1) is 20.6. The van der Waals surface area contributed by atoms with Gasteiger partial charge in [0.25, 0.3) is 0 Å². The molecule has 0 aliphatic carbocycles. The Hall–Kier alpha value is -1.38. The van der Waals surface area contributed by atoms with Crippen molar-refractivity contribution in [3.8, 4) is 0 Å². The fourth-order valence-corrected chi connectivity index (χ4v) is 1.33. The summed E-state index contributed by atoms with van der Waals surface area (Å²) in [6.45, 7) is 10.8. The zero-order valence-electron chi connectivity index (χ0n) is 14.0. The van der Waals surface area contributed by atoms with Gasteiger partial charge in [0.05, 0.1) is 5.41 Å². The first-order valence-corrected chi connectivity index (χ1v) is 7.54. The lowest BCUT2D eigenvalue weighted by Crippen LogP contribution is -2.37. The Morgan fingerprint density at radius 2 is 1.55 bits per heavy atom. The number of carbonyl (C=O) groups excluding carboxylic acids is 2. The van der Waals surface area contributed by atoms with E-state index in [1.54, 1.807) is 20.8 Å². The SMILES string of the molecule is C[C@H](OC(=O)NCCNCCNCCN)OC(=O)C(C)(C)C. The fourth-order valence-electron chi connectivity index (χ4n) is 1.33. The van der Waals surface area contributed by atoms with Crippen LogP contribution in [0.25, 0.3) is 0 Å². The second-order valence-electron chi connectivity index (χ2n) is 5.84. The number of carbonyl (C=O) groups is 2. The maximum Gasteiger partial charge on any atom is 0.410 e. The van der Waals surface area contributed by atoms with E-state index in [0.29, 0.717) is 19.6 Å². The standard InChI is InChI=1S/C14H30N4O4/c1-11(21-12(19)14(2,3)4)22-13(20)18-10-9-17-8-7-16-6-5-15/h11,16-17H,5-10,15H2,1-4H3,(H,18,20)/t11-/m0/s1. The van der Waals surface area contributed by atoms with Crippen molar-refractivity contribution in [3.63, 3.8) is 0 Å². The van der Waals surface area contributed by atoms with Crippen molar-refractivity contribution in [2.75, 3.05) is 39.3 Å². The fraction of sp³-hybridized carbons (Fsp3) is 0.857. The van der Waals surface area contributed by atoms with Gasteiger partial charge in [0.1, 0.15) is 0 Å². The largest absolute Gasteiger partial charge is 0.425 e. The van der Waals surface area contributed by atoms with E-state index in [0.717, 1.165) is 19.6 Å². The van der Waals surface area contributed by atoms with Crippen LogP contribution in [0.15, 0.2) is 0 Å². The number of amides is 1. The highest BCUT2D eigenvalue weighted by Gasteiger charge is 2.26. The molecule has 130 valence electrons. The van der Waals surface area contributed by atoms with Crippen LogP contribution in [0, 0.1) is 5.41 Å². The molecule has 0 saturated carbocycles. The monoisotopic (exact) mass is 318 g/mol. The summed E-state index contributed by atoms with van der Waals surface area (Å²) in [7, 11) is 0. The Balaban J connectivity index is 3.63. The van der Waals surface area contributed by atoms with Crippen molar-refractivity contribution >= 4 is 12.1 Å². The van der Waals surface area contributed by atoms with E-state index in [2.05, 4.69) is 16.0 Å². The summed E-state index contributed by atoms with van der Waals surface area (Å²) >= 11 is 0. The molecule has 0 radical (unpaired) electrons. The Morgan fingerprint density at radius 1 is 1.00 bits per heavy atom. The normalized spacial score (nSPS) is 12.6. The zero-order chi connectivity index (χ0) is 17.0. The molecule has 0 spiro atoms. The van der Waals surface area contributed by atoms with Crippen LogP contribution in [0.1, 0.15) is 27.7 Å². The maximum absolute atomic E-state index is 11.6. The van der Waals surface area contributed by atoms with Gasteiger partial charge in [-0.25, -0.2) is 4.79 Å². The van der Waals surface area contributed by atoms with Crippen molar-refractivity contribution < 1.29 is 19.1 Å². The van der Waals surface area contributed by atoms with E-state index in [1.165, 1.54) is 6.92 Å². The number of esters is 1. The number of hydrogen-bond donors (Lipinski definition) is 4. The molecule has 8 nitrogen and oxygen atoms in total. The minimum absolute atomic E-state index is 0.417. The van der Waals surface area contributed by atoms with Gasteiger partial charge in [-0.05, 0) is 20.8 Å². The highest BCUT2D eigenvalue weighted by molar-refractivity contribution is 5.75. The minimum Gasteiger partial charge on any atom is -0.425 e. The Bertz CT molecular complexity index is 331. The third-order valence-corrected chi connectivity index (χ3v) is 2.53. The van der Waals surface area contributed by atoms with E-state index < -0.39 is 23.8 Å². The smallest absolute Gasteiger partial charge is 0.410 e. The molecular weight excluding hydrogens is 288 g/mol. The molecule has 0 saturated heterocycles. The zero-order valence-corrected chi connectivity index (χ0v) is 14.0. The molecule has 8 heteroatoms. The van der Waals surface area contributed by atoms with E-state index in [9.17, 15) is 9.59 Å². The second-order valence-corrected chi connectivity index (χ2v) is 5.84. The van der Waals surface area contributed by atoms with Crippen molar-refractivity contribution in [1.29, 1.82) is 0 Å². The third kappa shape index (κ3) is 11.3. The number of nitrogens with one attached hydrogen (secondary N) is 3. The quantitative estimate of drug-likeness (QED) is 0.250. The molecule has 0 aromatic heterocycles. The average Bonchev–Trinajstić information content (AvgIpc) is 2.40. The van der Waals surface area contributed by atoms with E-state index in [-0.39, 0.29) is 0 Å². The van der Waals surface area contributed by atoms with Crippen LogP contribution in [-0.2, 0) is 14.3 Å². The second kappa shape index (κ2) is 11.2. The molecule has 0 rings (SSSR count). The first-order valence-electron chi connectivity index (χ1n) is 7.54. The van der Waals surface area contributed by atoms with Gasteiger partial charge in [0, 0.05) is 46.2 Å². The molecule has 0 aromatic carbocycles. The Morgan fingerprint density at radius 3 is 2.09 bits per heavy atom. The molecule has 0 bridgehead atoms. The van der Waals surface area contributed by atoms with Crippen LogP contribution in [0.2, 0.25) is 0 Å². The number of ether oxygens (including phenoxy) is 2. The molecule has 0 aliphatic rings. The van der Waals surface area contributed by atoms with Crippen LogP contribution in [-0.4, -0.2) is 57.6 Å². The first-order chi connectivity index (χ1) is 10.3. The van der Waals surface area contributed by atoms with Crippen LogP contribution < -0.4 is 21.7 Å². The van der Waals surface area contributed by atoms with Crippen molar-refractivity contribution in [2.45, 2.75) is 34.0 Å². The summed E-state index contributed by atoms with van der Waals surface area (Å²) in [4.78, 5) is 23.1. The molecule has 0 fully saturated rings. The average molecular weight is 318 g/mol. The van der Waals surface area contributed by atoms with Gasteiger partial charge in [-0.1, -0.05) is 0 Å². The highest BCUT2D eigenvalue weighted by Crippen LogP contribution is 2.16. The molecule has 0 unspecified atom stereocenters. The lowest BCUT2D eigenvalue weighted by molar-refractivity contribution is -0.174. The summed E-state index contributed by atoms with van der Waals surface area (Å²) in [5.74, 6) is -0.417. The molecule has 0 aromatic rings. The molecule has 0 aliphatic heterocycles. The van der Waals surface area contributed by atoms with E-state index >= 15 is 0 Å². The summed E-state index contributed by atoms with van der Waals surface area (Å²) in [6, 6.07) is 0. The van der Waals surface area contributed by atoms with Gasteiger partial charge in [-0.3, -0.25) is 4.79 Å². The highest BCUT2D eigenvalue weighted by atomic mass is 16.7. The Labute approximate surface area is 132 Å². The number of nitrogens with two attached hydrogens (primary N) is 1. The van der Waals surface area contributed by atoms with Crippen molar-refractivity contribution in [2.24, 2.45) is 11.1 Å². The van der Waals surface area contributed by atoms with Gasteiger partial charge in [-0.15, -0.1) is 0 Å². The third-order valence-electron chi connectivity index (χ3n) is 2.53. The molecule has 5 N–H and O–H groups in total. The van der Waals surface area contributed by atoms with Crippen LogP contribution in [0.3, 0.4) is 0 Å². The number of rotatable bonds is 10. The molecule has 0 heterocycles. The predicted molar refractivity (Wildman–Crippen MR) is 84.3 cm³/mol. The van der Waals surface area contributed by atoms with Crippen LogP contribution >= 0.6 is 0 Å². The van der Waals surface area contributed by atoms with E-state index in [1.807, 2.05) is 0 Å². The lowest BCUT2D eigenvalue weighted by atomic mass is 9.97. The number of alkyl carbamates (subject to hydrolysis) is 1. The Kier molecular flexibility index (Phi) is 10.5. The van der Waals surface area contributed by atoms with Crippen LogP contribution in [0.4, 0.5) is 4.79 Å². The molecule has 22 heavy (non-hydrogen) atoms. The molecule has 1 atom stereocenters. The van der Waals surface area contributed by atoms with Crippen LogP contribution in [0.5, 0.6) is 0 Å². The summed E-state index contributed by atoms with van der Waals surface area (Å²) in [5, 5.41) is 8.86. The predicted octanol–water partition coefficient (Wildman–Crippen LogP) is -0.214. The molecule has 1 amide bonds. The van der Waals surface area contributed by atoms with Crippen molar-refractivity contribution in [1.82, 2.24) is 16.0 Å². The van der Waals surface area contributed by atoms with Gasteiger partial charge in [0.2, 0.25) is 6.29 Å².